The summed E-state index contributed by atoms with van der Waals surface area (Å²) in [7, 11) is 1.19. The highest BCUT2D eigenvalue weighted by atomic mass is 19.4. The lowest BCUT2D eigenvalue weighted by molar-refractivity contribution is -0.276. The fraction of sp³-hybridized carbons (Fsp3) is 0.263. The lowest BCUT2D eigenvalue weighted by Crippen LogP contribution is -2.46. The molecule has 29 heavy (non-hydrogen) atoms. The van der Waals surface area contributed by atoms with Crippen molar-refractivity contribution < 1.29 is 45.8 Å². The molecule has 0 aliphatic carbocycles. The highest BCUT2D eigenvalue weighted by Crippen LogP contribution is 2.44. The molecule has 0 bridgehead atoms. The van der Waals surface area contributed by atoms with E-state index in [-0.39, 0.29) is 17.9 Å². The summed E-state index contributed by atoms with van der Waals surface area (Å²) in [4.78, 5) is 24.1. The number of Topliss-reactive ketones (excluding diaryl/α,β-unsaturated/α-hetero) is 1. The van der Waals surface area contributed by atoms with Crippen LogP contribution in [0.2, 0.25) is 0 Å². The van der Waals surface area contributed by atoms with Crippen LogP contribution in [0.25, 0.3) is 0 Å². The zero-order valence-electron chi connectivity index (χ0n) is 14.8. The second-order valence-corrected chi connectivity index (χ2v) is 6.10. The largest absolute Gasteiger partial charge is 0.496 e. The highest BCUT2D eigenvalue weighted by Gasteiger charge is 2.65. The van der Waals surface area contributed by atoms with Crippen LogP contribution in [0.15, 0.2) is 42.5 Å². The van der Waals surface area contributed by atoms with E-state index in [9.17, 15) is 31.5 Å². The molecule has 2 aromatic rings. The number of ether oxygens (including phenoxy) is 3. The third kappa shape index (κ3) is 3.87. The van der Waals surface area contributed by atoms with Crippen molar-refractivity contribution in [1.82, 2.24) is 0 Å². The van der Waals surface area contributed by atoms with Gasteiger partial charge in [0, 0.05) is 12.1 Å². The first-order valence-corrected chi connectivity index (χ1v) is 8.18. The maximum atomic E-state index is 13.3. The Bertz CT molecular complexity index is 940. The van der Waals surface area contributed by atoms with Crippen molar-refractivity contribution in [2.45, 2.75) is 24.6 Å². The molecule has 154 valence electrons. The molecular weight excluding hydrogens is 403 g/mol. The minimum Gasteiger partial charge on any atom is -0.496 e. The fourth-order valence-electron chi connectivity index (χ4n) is 2.73. The van der Waals surface area contributed by atoms with Crippen LogP contribution in [0.3, 0.4) is 0 Å². The summed E-state index contributed by atoms with van der Waals surface area (Å²) >= 11 is 0. The smallest absolute Gasteiger partial charge is 0.465 e. The molecule has 1 unspecified atom stereocenters. The van der Waals surface area contributed by atoms with Crippen LogP contribution in [0.5, 0.6) is 17.2 Å². The molecule has 1 heterocycles. The van der Waals surface area contributed by atoms with Gasteiger partial charge in [-0.3, -0.25) is 4.79 Å². The van der Waals surface area contributed by atoms with Crippen molar-refractivity contribution in [3.63, 3.8) is 0 Å². The zero-order chi connectivity index (χ0) is 21.4. The molecule has 2 aromatic carbocycles. The first-order valence-electron chi connectivity index (χ1n) is 8.18. The summed E-state index contributed by atoms with van der Waals surface area (Å²) in [6.45, 7) is 0. The monoisotopic (exact) mass is 416 g/mol. The zero-order valence-corrected chi connectivity index (χ0v) is 14.8. The Hall–Kier alpha value is -3.17. The summed E-state index contributed by atoms with van der Waals surface area (Å²) in [5.74, 6) is -10.3. The second-order valence-electron chi connectivity index (χ2n) is 6.10. The number of fused-ring (bicyclic) bond motifs is 1. The van der Waals surface area contributed by atoms with Gasteiger partial charge in [-0.15, -0.1) is 0 Å². The fourth-order valence-corrected chi connectivity index (χ4v) is 2.73. The lowest BCUT2D eigenvalue weighted by atomic mass is 9.95. The number of hydrogen-bond acceptors (Lipinski definition) is 5. The number of carbonyl (C=O) groups excluding carboxylic acids is 2. The number of ketones is 1. The van der Waals surface area contributed by atoms with E-state index in [0.717, 1.165) is 6.07 Å². The normalized spacial score (nSPS) is 16.6. The Morgan fingerprint density at radius 1 is 1.10 bits per heavy atom. The molecule has 0 N–H and O–H groups in total. The lowest BCUT2D eigenvalue weighted by Gasteiger charge is -2.27. The average Bonchev–Trinajstić information content (AvgIpc) is 2.67. The minimum atomic E-state index is -6.15. The van der Waals surface area contributed by atoms with Gasteiger partial charge in [0.05, 0.1) is 13.5 Å². The standard InChI is InChI=1S/C19H13F5O5/c1-27-11-7-14-16(12(25)9-13(28-14)10-5-3-2-4-6-10)15(8-11)29-17(26)18(20,21)19(22,23)24/h2-8,13H,9H2,1H3. The van der Waals surface area contributed by atoms with Gasteiger partial charge >= 0.3 is 18.1 Å². The van der Waals surface area contributed by atoms with Crippen LogP contribution in [-0.2, 0) is 4.79 Å². The summed E-state index contributed by atoms with van der Waals surface area (Å²) in [6, 6.07) is 10.7. The van der Waals surface area contributed by atoms with Crippen LogP contribution in [-0.4, -0.2) is 31.0 Å². The van der Waals surface area contributed by atoms with Crippen LogP contribution in [0.1, 0.15) is 28.4 Å². The summed E-state index contributed by atoms with van der Waals surface area (Å²) < 4.78 is 78.7. The van der Waals surface area contributed by atoms with E-state index in [0.29, 0.717) is 5.56 Å². The van der Waals surface area contributed by atoms with E-state index in [2.05, 4.69) is 4.74 Å². The van der Waals surface area contributed by atoms with E-state index >= 15 is 0 Å². The van der Waals surface area contributed by atoms with Gasteiger partial charge in [0.1, 0.15) is 28.9 Å². The summed E-state index contributed by atoms with van der Waals surface area (Å²) in [5.41, 5.74) is 0.237. The number of rotatable bonds is 4. The molecule has 0 radical (unpaired) electrons. The SMILES string of the molecule is COc1cc(OC(=O)C(F)(F)C(F)(F)F)c2c(c1)OC(c1ccccc1)CC2=O. The van der Waals surface area contributed by atoms with Gasteiger partial charge in [0.25, 0.3) is 0 Å². The van der Waals surface area contributed by atoms with Crippen molar-refractivity contribution in [2.75, 3.05) is 7.11 Å². The molecule has 0 spiro atoms. The number of alkyl halides is 5. The third-order valence-corrected chi connectivity index (χ3v) is 4.18. The first kappa shape index (κ1) is 20.6. The summed E-state index contributed by atoms with van der Waals surface area (Å²) in [5, 5.41) is 0. The van der Waals surface area contributed by atoms with Crippen LogP contribution < -0.4 is 14.2 Å². The molecule has 10 heteroatoms. The Labute approximate surface area is 161 Å². The van der Waals surface area contributed by atoms with E-state index in [4.69, 9.17) is 9.47 Å². The maximum Gasteiger partial charge on any atom is 0.465 e. The topological polar surface area (TPSA) is 61.8 Å². The molecule has 3 rings (SSSR count). The molecular formula is C19H13F5O5. The average molecular weight is 416 g/mol. The predicted molar refractivity (Wildman–Crippen MR) is 88.4 cm³/mol. The molecule has 0 amide bonds. The molecule has 0 aromatic heterocycles. The van der Waals surface area contributed by atoms with E-state index in [1.54, 1.807) is 30.3 Å². The number of halogens is 5. The van der Waals surface area contributed by atoms with Crippen LogP contribution in [0.4, 0.5) is 22.0 Å². The van der Waals surface area contributed by atoms with E-state index in [1.165, 1.54) is 13.2 Å². The van der Waals surface area contributed by atoms with E-state index in [1.807, 2.05) is 0 Å². The highest BCUT2D eigenvalue weighted by molar-refractivity contribution is 6.03. The Balaban J connectivity index is 1.99. The van der Waals surface area contributed by atoms with Gasteiger partial charge < -0.3 is 14.2 Å². The number of hydrogen-bond donors (Lipinski definition) is 0. The van der Waals surface area contributed by atoms with Gasteiger partial charge in [0.15, 0.2) is 5.78 Å². The Kier molecular flexibility index (Phi) is 5.20. The Morgan fingerprint density at radius 3 is 2.34 bits per heavy atom. The first-order chi connectivity index (χ1) is 13.5. The molecule has 1 aliphatic rings. The summed E-state index contributed by atoms with van der Waals surface area (Å²) in [6.07, 6.45) is -7.10. The van der Waals surface area contributed by atoms with Crippen molar-refractivity contribution >= 4 is 11.8 Å². The van der Waals surface area contributed by atoms with Gasteiger partial charge in [-0.25, -0.2) is 4.79 Å². The maximum absolute atomic E-state index is 13.3. The van der Waals surface area contributed by atoms with Gasteiger partial charge in [-0.1, -0.05) is 30.3 Å². The van der Waals surface area contributed by atoms with Gasteiger partial charge in [0.2, 0.25) is 0 Å². The predicted octanol–water partition coefficient (Wildman–Crippen LogP) is 4.50. The molecule has 0 saturated carbocycles. The molecule has 0 saturated heterocycles. The van der Waals surface area contributed by atoms with Gasteiger partial charge in [-0.2, -0.15) is 22.0 Å². The Morgan fingerprint density at radius 2 is 1.76 bits per heavy atom. The van der Waals surface area contributed by atoms with Crippen molar-refractivity contribution in [3.8, 4) is 17.2 Å². The molecule has 1 aliphatic heterocycles. The van der Waals surface area contributed by atoms with Crippen LogP contribution in [0, 0.1) is 0 Å². The molecule has 5 nitrogen and oxygen atoms in total. The minimum absolute atomic E-state index is 0.0663. The van der Waals surface area contributed by atoms with Crippen molar-refractivity contribution in [2.24, 2.45) is 0 Å². The van der Waals surface area contributed by atoms with Crippen molar-refractivity contribution in [3.05, 3.63) is 53.6 Å². The van der Waals surface area contributed by atoms with Crippen molar-refractivity contribution in [1.29, 1.82) is 0 Å². The molecule has 0 fully saturated rings. The number of benzene rings is 2. The molecule has 1 atom stereocenters. The number of esters is 1. The van der Waals surface area contributed by atoms with Gasteiger partial charge in [-0.05, 0) is 5.56 Å². The van der Waals surface area contributed by atoms with Crippen LogP contribution >= 0.6 is 0 Å². The number of carbonyl (C=O) groups is 2. The number of methoxy groups -OCH3 is 1. The third-order valence-electron chi connectivity index (χ3n) is 4.18. The van der Waals surface area contributed by atoms with E-state index < -0.39 is 41.3 Å². The second kappa shape index (κ2) is 7.34. The quantitative estimate of drug-likeness (QED) is 0.417.